The van der Waals surface area contributed by atoms with E-state index < -0.39 is 0 Å². The molecule has 0 radical (unpaired) electrons. The Hall–Kier alpha value is -3.13. The second-order valence-electron chi connectivity index (χ2n) is 7.57. The molecule has 0 amide bonds. The van der Waals surface area contributed by atoms with E-state index in [-0.39, 0.29) is 35.6 Å². The molecule has 0 fully saturated rings. The van der Waals surface area contributed by atoms with Crippen LogP contribution in [0.25, 0.3) is 5.69 Å². The third-order valence-electron chi connectivity index (χ3n) is 5.29. The molecule has 33 heavy (non-hydrogen) atoms. The van der Waals surface area contributed by atoms with Crippen molar-refractivity contribution in [2.45, 2.75) is 26.3 Å². The number of nitriles is 1. The van der Waals surface area contributed by atoms with Crippen LogP contribution < -0.4 is 11.1 Å². The number of hydrogen-bond donors (Lipinski definition) is 2. The van der Waals surface area contributed by atoms with Crippen molar-refractivity contribution < 1.29 is 4.39 Å². The number of nitrogens with one attached hydrogen (secondary N) is 1. The lowest BCUT2D eigenvalue weighted by Crippen LogP contribution is -2.39. The van der Waals surface area contributed by atoms with Gasteiger partial charge in [0.15, 0.2) is 5.96 Å². The standard InChI is InChI=1S/C24H28FN7.HI/c1-17-7-4-5-8-18(17)16-31(3)24(28-2)29-14-6-9-22-21(15-26)23(27)32(30-22)20-12-10-19(25)11-13-20;/h4-5,7-8,10-13H,6,9,14,16,27H2,1-3H3,(H,28,29);1H. The number of nitrogens with two attached hydrogens (primary N) is 1. The number of rotatable bonds is 7. The molecule has 0 saturated carbocycles. The number of nitrogen functional groups attached to an aromatic ring is 1. The van der Waals surface area contributed by atoms with E-state index in [2.05, 4.69) is 45.4 Å². The maximum absolute atomic E-state index is 13.2. The molecule has 2 aromatic carbocycles. The predicted molar refractivity (Wildman–Crippen MR) is 140 cm³/mol. The van der Waals surface area contributed by atoms with E-state index in [4.69, 9.17) is 5.73 Å². The summed E-state index contributed by atoms with van der Waals surface area (Å²) in [4.78, 5) is 6.44. The van der Waals surface area contributed by atoms with Gasteiger partial charge in [0.1, 0.15) is 23.3 Å². The number of nitrogens with zero attached hydrogens (tertiary/aromatic N) is 5. The number of benzene rings is 2. The zero-order chi connectivity index (χ0) is 23.1. The molecule has 0 bridgehead atoms. The highest BCUT2D eigenvalue weighted by Gasteiger charge is 2.16. The first-order valence-electron chi connectivity index (χ1n) is 10.4. The Labute approximate surface area is 211 Å². The van der Waals surface area contributed by atoms with Crippen molar-refractivity contribution in [3.8, 4) is 11.8 Å². The lowest BCUT2D eigenvalue weighted by molar-refractivity contribution is 0.474. The summed E-state index contributed by atoms with van der Waals surface area (Å²) in [5, 5.41) is 17.4. The lowest BCUT2D eigenvalue weighted by Gasteiger charge is -2.23. The molecular weight excluding hydrogens is 532 g/mol. The van der Waals surface area contributed by atoms with Crippen molar-refractivity contribution in [2.75, 3.05) is 26.4 Å². The third kappa shape index (κ3) is 6.44. The van der Waals surface area contributed by atoms with Gasteiger partial charge in [-0.05, 0) is 55.2 Å². The molecule has 7 nitrogen and oxygen atoms in total. The predicted octanol–water partition coefficient (Wildman–Crippen LogP) is 4.03. The normalized spacial score (nSPS) is 10.9. The lowest BCUT2D eigenvalue weighted by atomic mass is 10.1. The fourth-order valence-electron chi connectivity index (χ4n) is 3.51. The number of halogens is 2. The van der Waals surface area contributed by atoms with E-state index in [9.17, 15) is 9.65 Å². The van der Waals surface area contributed by atoms with Gasteiger partial charge in [0, 0.05) is 27.2 Å². The van der Waals surface area contributed by atoms with Gasteiger partial charge in [0.25, 0.3) is 0 Å². The largest absolute Gasteiger partial charge is 0.382 e. The minimum Gasteiger partial charge on any atom is -0.382 e. The quantitative estimate of drug-likeness (QED) is 0.197. The second kappa shape index (κ2) is 12.2. The van der Waals surface area contributed by atoms with Crippen LogP contribution in [0.4, 0.5) is 10.2 Å². The van der Waals surface area contributed by atoms with Gasteiger partial charge < -0.3 is 16.0 Å². The molecule has 9 heteroatoms. The molecule has 1 aromatic heterocycles. The molecular formula is C24H29FIN7. The van der Waals surface area contributed by atoms with Crippen LogP contribution in [0, 0.1) is 24.1 Å². The molecule has 0 saturated heterocycles. The first-order chi connectivity index (χ1) is 15.4. The van der Waals surface area contributed by atoms with Gasteiger partial charge in [-0.2, -0.15) is 10.4 Å². The summed E-state index contributed by atoms with van der Waals surface area (Å²) in [6, 6.07) is 16.3. The Morgan fingerprint density at radius 3 is 2.58 bits per heavy atom. The maximum atomic E-state index is 13.2. The second-order valence-corrected chi connectivity index (χ2v) is 7.57. The van der Waals surface area contributed by atoms with E-state index in [1.807, 2.05) is 19.2 Å². The first-order valence-corrected chi connectivity index (χ1v) is 10.4. The van der Waals surface area contributed by atoms with Crippen LogP contribution in [0.15, 0.2) is 53.5 Å². The van der Waals surface area contributed by atoms with E-state index in [0.29, 0.717) is 29.9 Å². The highest BCUT2D eigenvalue weighted by atomic mass is 127. The monoisotopic (exact) mass is 561 g/mol. The molecule has 174 valence electrons. The van der Waals surface area contributed by atoms with Gasteiger partial charge in [-0.1, -0.05) is 24.3 Å². The zero-order valence-corrected chi connectivity index (χ0v) is 21.4. The van der Waals surface area contributed by atoms with Crippen LogP contribution in [0.1, 0.15) is 28.8 Å². The van der Waals surface area contributed by atoms with Crippen LogP contribution in [-0.4, -0.2) is 41.3 Å². The summed E-state index contributed by atoms with van der Waals surface area (Å²) in [6.45, 7) is 3.52. The van der Waals surface area contributed by atoms with Crippen molar-refractivity contribution in [3.63, 3.8) is 0 Å². The Morgan fingerprint density at radius 1 is 1.24 bits per heavy atom. The summed E-state index contributed by atoms with van der Waals surface area (Å²) in [6.07, 6.45) is 1.32. The Kier molecular flexibility index (Phi) is 9.66. The summed E-state index contributed by atoms with van der Waals surface area (Å²) >= 11 is 0. The Bertz CT molecular complexity index is 1130. The molecule has 0 unspecified atom stereocenters. The van der Waals surface area contributed by atoms with Crippen molar-refractivity contribution in [1.29, 1.82) is 5.26 Å². The molecule has 0 atom stereocenters. The van der Waals surface area contributed by atoms with E-state index in [1.54, 1.807) is 19.2 Å². The Balaban J connectivity index is 0.00000385. The maximum Gasteiger partial charge on any atom is 0.193 e. The van der Waals surface area contributed by atoms with Crippen molar-refractivity contribution >= 4 is 35.8 Å². The number of aromatic nitrogens is 2. The number of aryl methyl sites for hydroxylation is 2. The summed E-state index contributed by atoms with van der Waals surface area (Å²) in [7, 11) is 3.76. The van der Waals surface area contributed by atoms with Crippen LogP contribution in [0.3, 0.4) is 0 Å². The molecule has 0 aliphatic rings. The van der Waals surface area contributed by atoms with Crippen LogP contribution in [0.5, 0.6) is 0 Å². The third-order valence-corrected chi connectivity index (χ3v) is 5.29. The molecule has 3 rings (SSSR count). The number of aliphatic imine (C=N–C) groups is 1. The van der Waals surface area contributed by atoms with Gasteiger partial charge in [0.05, 0.1) is 11.4 Å². The SMILES string of the molecule is CN=C(NCCCc1nn(-c2ccc(F)cc2)c(N)c1C#N)N(C)Cc1ccccc1C.I. The fraction of sp³-hybridized carbons (Fsp3) is 0.292. The highest BCUT2D eigenvalue weighted by molar-refractivity contribution is 14.0. The summed E-state index contributed by atoms with van der Waals surface area (Å²) in [5.41, 5.74) is 10.2. The van der Waals surface area contributed by atoms with E-state index in [1.165, 1.54) is 27.9 Å². The van der Waals surface area contributed by atoms with Crippen molar-refractivity contribution in [2.24, 2.45) is 4.99 Å². The Morgan fingerprint density at radius 2 is 1.94 bits per heavy atom. The fourth-order valence-corrected chi connectivity index (χ4v) is 3.51. The smallest absolute Gasteiger partial charge is 0.193 e. The van der Waals surface area contributed by atoms with E-state index in [0.717, 1.165) is 18.9 Å². The molecule has 1 heterocycles. The minimum atomic E-state index is -0.341. The molecule has 3 aromatic rings. The topological polar surface area (TPSA) is 95.3 Å². The molecule has 0 aliphatic heterocycles. The van der Waals surface area contributed by atoms with Crippen molar-refractivity contribution in [3.05, 3.63) is 76.7 Å². The zero-order valence-electron chi connectivity index (χ0n) is 19.0. The van der Waals surface area contributed by atoms with Crippen LogP contribution in [-0.2, 0) is 13.0 Å². The van der Waals surface area contributed by atoms with E-state index >= 15 is 0 Å². The highest BCUT2D eigenvalue weighted by Crippen LogP contribution is 2.21. The number of hydrogen-bond acceptors (Lipinski definition) is 4. The van der Waals surface area contributed by atoms with Gasteiger partial charge >= 0.3 is 0 Å². The van der Waals surface area contributed by atoms with Gasteiger partial charge in [-0.3, -0.25) is 4.99 Å². The summed E-state index contributed by atoms with van der Waals surface area (Å²) in [5.74, 6) is 0.716. The van der Waals surface area contributed by atoms with Crippen LogP contribution in [0.2, 0.25) is 0 Å². The average molecular weight is 561 g/mol. The van der Waals surface area contributed by atoms with Gasteiger partial charge in [0.2, 0.25) is 0 Å². The van der Waals surface area contributed by atoms with Gasteiger partial charge in [-0.25, -0.2) is 9.07 Å². The molecule has 0 spiro atoms. The van der Waals surface area contributed by atoms with Crippen LogP contribution >= 0.6 is 24.0 Å². The van der Waals surface area contributed by atoms with Gasteiger partial charge in [-0.15, -0.1) is 24.0 Å². The average Bonchev–Trinajstić information content (AvgIpc) is 3.11. The molecule has 3 N–H and O–H groups in total. The van der Waals surface area contributed by atoms with Crippen molar-refractivity contribution in [1.82, 2.24) is 20.0 Å². The molecule has 0 aliphatic carbocycles. The number of guanidine groups is 1. The summed E-state index contributed by atoms with van der Waals surface area (Å²) < 4.78 is 14.7. The first kappa shape index (κ1) is 26.1. The minimum absolute atomic E-state index is 0. The number of anilines is 1.